The molecule has 2 aromatic rings. The molecule has 1 heterocycles. The summed E-state index contributed by atoms with van der Waals surface area (Å²) in [6.45, 7) is 4.05. The van der Waals surface area contributed by atoms with Crippen LogP contribution in [0, 0.1) is 12.7 Å². The molecule has 0 unspecified atom stereocenters. The van der Waals surface area contributed by atoms with Crippen molar-refractivity contribution in [3.05, 3.63) is 69.0 Å². The van der Waals surface area contributed by atoms with Crippen molar-refractivity contribution in [2.75, 3.05) is 20.1 Å². The van der Waals surface area contributed by atoms with Crippen molar-refractivity contribution >= 4 is 41.5 Å². The van der Waals surface area contributed by atoms with E-state index in [9.17, 15) is 9.18 Å². The number of hydrogen-bond donors (Lipinski definition) is 1. The van der Waals surface area contributed by atoms with E-state index in [1.807, 2.05) is 25.1 Å². The first-order valence-corrected chi connectivity index (χ1v) is 10.2. The van der Waals surface area contributed by atoms with Crippen molar-refractivity contribution in [1.29, 1.82) is 0 Å². The number of halogens is 4. The van der Waals surface area contributed by atoms with E-state index >= 15 is 0 Å². The molecule has 1 fully saturated rings. The first kappa shape index (κ1) is 23.9. The molecule has 0 saturated carbocycles. The van der Waals surface area contributed by atoms with Crippen molar-refractivity contribution < 1.29 is 9.18 Å². The Morgan fingerprint density at radius 3 is 2.34 bits per heavy atom. The summed E-state index contributed by atoms with van der Waals surface area (Å²) in [6, 6.07) is 10.2. The molecular formula is C22H26Cl3FN2O. The van der Waals surface area contributed by atoms with Crippen LogP contribution in [0.15, 0.2) is 36.4 Å². The molecule has 1 N–H and O–H groups in total. The highest BCUT2D eigenvalue weighted by atomic mass is 35.5. The van der Waals surface area contributed by atoms with E-state index in [4.69, 9.17) is 23.2 Å². The minimum atomic E-state index is -0.277. The summed E-state index contributed by atoms with van der Waals surface area (Å²) >= 11 is 12.2. The van der Waals surface area contributed by atoms with Gasteiger partial charge in [0.15, 0.2) is 0 Å². The molecule has 1 amide bonds. The van der Waals surface area contributed by atoms with Gasteiger partial charge in [-0.25, -0.2) is 4.39 Å². The zero-order chi connectivity index (χ0) is 20.3. The molecule has 0 spiro atoms. The number of piperidine rings is 1. The smallest absolute Gasteiger partial charge is 0.223 e. The van der Waals surface area contributed by atoms with Gasteiger partial charge in [-0.05, 0) is 79.9 Å². The second-order valence-electron chi connectivity index (χ2n) is 7.69. The summed E-state index contributed by atoms with van der Waals surface area (Å²) in [4.78, 5) is 14.8. The number of nitrogens with zero attached hydrogens (tertiary/aromatic N) is 1. The maximum Gasteiger partial charge on any atom is 0.223 e. The molecule has 1 saturated heterocycles. The quantitative estimate of drug-likeness (QED) is 0.637. The van der Waals surface area contributed by atoms with Gasteiger partial charge >= 0.3 is 0 Å². The van der Waals surface area contributed by atoms with Crippen molar-refractivity contribution in [3.8, 4) is 0 Å². The number of carbonyl (C=O) groups is 1. The molecule has 0 aromatic heterocycles. The number of carbonyl (C=O) groups excluding carboxylic acids is 1. The predicted molar refractivity (Wildman–Crippen MR) is 120 cm³/mol. The summed E-state index contributed by atoms with van der Waals surface area (Å²) in [6.07, 6.45) is 2.09. The maximum atomic E-state index is 13.6. The van der Waals surface area contributed by atoms with Crippen LogP contribution in [0.4, 0.5) is 4.39 Å². The van der Waals surface area contributed by atoms with Crippen molar-refractivity contribution in [2.24, 2.45) is 0 Å². The Labute approximate surface area is 188 Å². The fraction of sp³-hybridized carbons (Fsp3) is 0.409. The van der Waals surface area contributed by atoms with Gasteiger partial charge in [0.1, 0.15) is 5.82 Å². The van der Waals surface area contributed by atoms with Crippen LogP contribution in [0.25, 0.3) is 0 Å². The van der Waals surface area contributed by atoms with Gasteiger partial charge in [0, 0.05) is 35.5 Å². The molecule has 158 valence electrons. The summed E-state index contributed by atoms with van der Waals surface area (Å²) < 4.78 is 13.6. The van der Waals surface area contributed by atoms with Crippen LogP contribution >= 0.6 is 35.6 Å². The lowest BCUT2D eigenvalue weighted by Crippen LogP contribution is -2.44. The van der Waals surface area contributed by atoms with E-state index in [-0.39, 0.29) is 29.5 Å². The highest BCUT2D eigenvalue weighted by molar-refractivity contribution is 6.34. The predicted octanol–water partition coefficient (Wildman–Crippen LogP) is 5.53. The summed E-state index contributed by atoms with van der Waals surface area (Å²) in [5.41, 5.74) is 2.59. The number of hydrogen-bond acceptors (Lipinski definition) is 2. The molecule has 1 aliphatic rings. The minimum Gasteiger partial charge on any atom is -0.341 e. The number of nitrogens with one attached hydrogen (secondary N) is 1. The van der Waals surface area contributed by atoms with Gasteiger partial charge < -0.3 is 10.2 Å². The zero-order valence-corrected chi connectivity index (χ0v) is 18.9. The Morgan fingerprint density at radius 1 is 1.14 bits per heavy atom. The monoisotopic (exact) mass is 458 g/mol. The Kier molecular flexibility index (Phi) is 8.36. The lowest BCUT2D eigenvalue weighted by molar-refractivity contribution is -0.132. The topological polar surface area (TPSA) is 32.3 Å². The minimum absolute atomic E-state index is 0. The van der Waals surface area contributed by atoms with Gasteiger partial charge in [0.2, 0.25) is 5.91 Å². The molecule has 0 bridgehead atoms. The second-order valence-corrected chi connectivity index (χ2v) is 8.57. The summed E-state index contributed by atoms with van der Waals surface area (Å²) in [5, 5.41) is 4.48. The standard InChI is InChI=1S/C22H25Cl2FN2O.ClH/c1-15-9-19(25)3-4-20(15)22(5-7-26-8-6-22)13-21(28)27(2)14-16-10-17(23)12-18(24)11-16;/h3-4,9-12,26H,5-8,13-14H2,1-2H3;1H. The SMILES string of the molecule is Cc1cc(F)ccc1C1(CC(=O)N(C)Cc2cc(Cl)cc(Cl)c2)CCNCC1.Cl. The maximum absolute atomic E-state index is 13.6. The number of aryl methyl sites for hydroxylation is 1. The average molecular weight is 460 g/mol. The molecule has 0 atom stereocenters. The Morgan fingerprint density at radius 2 is 1.76 bits per heavy atom. The van der Waals surface area contributed by atoms with E-state index in [0.29, 0.717) is 23.0 Å². The number of amides is 1. The Hall–Kier alpha value is -1.33. The normalized spacial score (nSPS) is 15.5. The molecule has 1 aliphatic heterocycles. The molecule has 2 aromatic carbocycles. The van der Waals surface area contributed by atoms with Gasteiger partial charge in [-0.2, -0.15) is 0 Å². The van der Waals surface area contributed by atoms with Crippen LogP contribution in [0.1, 0.15) is 36.0 Å². The highest BCUT2D eigenvalue weighted by Crippen LogP contribution is 2.39. The second kappa shape index (κ2) is 10.1. The molecule has 3 nitrogen and oxygen atoms in total. The fourth-order valence-corrected chi connectivity index (χ4v) is 4.73. The highest BCUT2D eigenvalue weighted by Gasteiger charge is 2.37. The van der Waals surface area contributed by atoms with E-state index < -0.39 is 0 Å². The lowest BCUT2D eigenvalue weighted by atomic mass is 9.69. The van der Waals surface area contributed by atoms with Crippen molar-refractivity contribution in [1.82, 2.24) is 10.2 Å². The Balaban J connectivity index is 0.00000300. The fourth-order valence-electron chi connectivity index (χ4n) is 4.16. The van der Waals surface area contributed by atoms with Crippen LogP contribution in [-0.2, 0) is 16.8 Å². The summed E-state index contributed by atoms with van der Waals surface area (Å²) in [7, 11) is 1.80. The van der Waals surface area contributed by atoms with Crippen LogP contribution in [0.3, 0.4) is 0 Å². The molecule has 7 heteroatoms. The van der Waals surface area contributed by atoms with Gasteiger partial charge in [-0.3, -0.25) is 4.79 Å². The first-order valence-electron chi connectivity index (χ1n) is 9.45. The van der Waals surface area contributed by atoms with E-state index in [0.717, 1.165) is 42.6 Å². The van der Waals surface area contributed by atoms with Gasteiger partial charge in [-0.1, -0.05) is 29.3 Å². The largest absolute Gasteiger partial charge is 0.341 e. The van der Waals surface area contributed by atoms with Gasteiger partial charge in [0.05, 0.1) is 0 Å². The van der Waals surface area contributed by atoms with Crippen molar-refractivity contribution in [2.45, 2.75) is 38.1 Å². The van der Waals surface area contributed by atoms with Crippen molar-refractivity contribution in [3.63, 3.8) is 0 Å². The van der Waals surface area contributed by atoms with E-state index in [2.05, 4.69) is 5.32 Å². The van der Waals surface area contributed by atoms with E-state index in [1.54, 1.807) is 24.1 Å². The van der Waals surface area contributed by atoms with Gasteiger partial charge in [0.25, 0.3) is 0 Å². The molecule has 0 aliphatic carbocycles. The molecule has 0 radical (unpaired) electrons. The summed E-state index contributed by atoms with van der Waals surface area (Å²) in [5.74, 6) is -0.187. The van der Waals surface area contributed by atoms with Crippen LogP contribution in [0.5, 0.6) is 0 Å². The third-order valence-corrected chi connectivity index (χ3v) is 6.01. The third kappa shape index (κ3) is 5.85. The van der Waals surface area contributed by atoms with Crippen LogP contribution < -0.4 is 5.32 Å². The zero-order valence-electron chi connectivity index (χ0n) is 16.6. The first-order chi connectivity index (χ1) is 13.3. The third-order valence-electron chi connectivity index (χ3n) is 5.58. The molecular weight excluding hydrogens is 434 g/mol. The number of benzene rings is 2. The van der Waals surface area contributed by atoms with Crippen LogP contribution in [-0.4, -0.2) is 30.9 Å². The average Bonchev–Trinajstić information content (AvgIpc) is 2.61. The number of rotatable bonds is 5. The van der Waals surface area contributed by atoms with Gasteiger partial charge in [-0.15, -0.1) is 12.4 Å². The van der Waals surface area contributed by atoms with Crippen LogP contribution in [0.2, 0.25) is 10.0 Å². The lowest BCUT2D eigenvalue weighted by Gasteiger charge is -2.39. The Bertz CT molecular complexity index is 849. The molecule has 3 rings (SSSR count). The van der Waals surface area contributed by atoms with E-state index in [1.165, 1.54) is 6.07 Å². The molecule has 29 heavy (non-hydrogen) atoms.